The third kappa shape index (κ3) is 9.94. The number of nitrogens with zero attached hydrogens (tertiary/aromatic N) is 5. The van der Waals surface area contributed by atoms with Gasteiger partial charge in [-0.2, -0.15) is 0 Å². The van der Waals surface area contributed by atoms with Crippen LogP contribution in [0.15, 0.2) is 48.8 Å². The average molecular weight is 492 g/mol. The molecule has 11 nitrogen and oxygen atoms in total. The lowest BCUT2D eigenvalue weighted by Crippen LogP contribution is -2.50. The zero-order valence-corrected chi connectivity index (χ0v) is 20.3. The molecule has 11 heteroatoms. The van der Waals surface area contributed by atoms with Gasteiger partial charge in [0.15, 0.2) is 0 Å². The molecule has 194 valence electrons. The Labute approximate surface area is 205 Å². The molecule has 0 unspecified atom stereocenters. The van der Waals surface area contributed by atoms with E-state index in [0.717, 1.165) is 11.4 Å². The van der Waals surface area contributed by atoms with Gasteiger partial charge in [0.2, 0.25) is 5.91 Å². The van der Waals surface area contributed by atoms with E-state index in [9.17, 15) is 25.2 Å². The second kappa shape index (κ2) is 14.8. The largest absolute Gasteiger partial charge is 0.394 e. The van der Waals surface area contributed by atoms with Gasteiger partial charge in [0.1, 0.15) is 24.4 Å². The molecule has 2 heterocycles. The number of aliphatic hydroxyl groups is 5. The molecular weight excluding hydrogens is 454 g/mol. The Kier molecular flexibility index (Phi) is 12.1. The first-order chi connectivity index (χ1) is 16.7. The van der Waals surface area contributed by atoms with Crippen LogP contribution in [-0.2, 0) is 17.9 Å². The topological polar surface area (TPSA) is 154 Å². The van der Waals surface area contributed by atoms with Gasteiger partial charge in [-0.05, 0) is 31.3 Å². The summed E-state index contributed by atoms with van der Waals surface area (Å²) in [7, 11) is 3.30. The predicted octanol–water partition coefficient (Wildman–Crippen LogP) is -1.70. The van der Waals surface area contributed by atoms with E-state index in [1.807, 2.05) is 48.3 Å². The lowest BCUT2D eigenvalue weighted by atomic mass is 10.0. The van der Waals surface area contributed by atoms with Crippen LogP contribution in [0.1, 0.15) is 11.4 Å². The van der Waals surface area contributed by atoms with E-state index >= 15 is 0 Å². The van der Waals surface area contributed by atoms with Crippen LogP contribution in [0.2, 0.25) is 0 Å². The Morgan fingerprint density at radius 3 is 1.89 bits per heavy atom. The van der Waals surface area contributed by atoms with Crippen molar-refractivity contribution in [2.45, 2.75) is 37.5 Å². The van der Waals surface area contributed by atoms with Gasteiger partial charge in [-0.25, -0.2) is 0 Å². The quantitative estimate of drug-likeness (QED) is 0.195. The minimum atomic E-state index is -1.73. The zero-order valence-electron chi connectivity index (χ0n) is 20.3. The average Bonchev–Trinajstić information content (AvgIpc) is 2.86. The number of hydrogen-bond donors (Lipinski definition) is 5. The van der Waals surface area contributed by atoms with Gasteiger partial charge in [0, 0.05) is 52.2 Å². The van der Waals surface area contributed by atoms with Crippen molar-refractivity contribution in [3.05, 3.63) is 60.2 Å². The standard InChI is InChI=1S/C24H37N5O6/c1-27(16-22(33)28(2)15-20(31)23(34)24(35)21(32)17-30)11-12-29(13-18-7-3-5-9-25-18)14-19-8-4-6-10-26-19/h3-10,20-21,23-24,30-32,34-35H,11-17H2,1-2H3/t20-,21+,23+,24+/m0/s1. The van der Waals surface area contributed by atoms with Crippen LogP contribution in [-0.4, -0.2) is 127 Å². The molecule has 2 aromatic rings. The van der Waals surface area contributed by atoms with Crippen molar-refractivity contribution in [1.29, 1.82) is 0 Å². The monoisotopic (exact) mass is 491 g/mol. The molecule has 4 atom stereocenters. The first-order valence-corrected chi connectivity index (χ1v) is 11.5. The van der Waals surface area contributed by atoms with E-state index < -0.39 is 31.0 Å². The smallest absolute Gasteiger partial charge is 0.236 e. The number of amides is 1. The number of carbonyl (C=O) groups is 1. The molecule has 0 aromatic carbocycles. The zero-order chi connectivity index (χ0) is 25.8. The van der Waals surface area contributed by atoms with Crippen LogP contribution in [0, 0.1) is 0 Å². The molecule has 5 N–H and O–H groups in total. The molecule has 35 heavy (non-hydrogen) atoms. The summed E-state index contributed by atoms with van der Waals surface area (Å²) in [6, 6.07) is 11.5. The van der Waals surface area contributed by atoms with Crippen LogP contribution in [0.5, 0.6) is 0 Å². The number of likely N-dealkylation sites (N-methyl/N-ethyl adjacent to an activating group) is 2. The first kappa shape index (κ1) is 28.7. The van der Waals surface area contributed by atoms with E-state index in [2.05, 4.69) is 14.9 Å². The van der Waals surface area contributed by atoms with Crippen molar-refractivity contribution in [2.75, 3.05) is 46.9 Å². The molecule has 0 aliphatic carbocycles. The number of hydrogen-bond acceptors (Lipinski definition) is 10. The van der Waals surface area contributed by atoms with Gasteiger partial charge in [0.05, 0.1) is 24.5 Å². The van der Waals surface area contributed by atoms with Crippen molar-refractivity contribution >= 4 is 5.91 Å². The lowest BCUT2D eigenvalue weighted by Gasteiger charge is -2.30. The molecule has 0 aliphatic heterocycles. The highest BCUT2D eigenvalue weighted by Crippen LogP contribution is 2.08. The first-order valence-electron chi connectivity index (χ1n) is 11.5. The Balaban J connectivity index is 1.87. The van der Waals surface area contributed by atoms with Crippen molar-refractivity contribution in [3.8, 4) is 0 Å². The molecule has 0 saturated heterocycles. The minimum Gasteiger partial charge on any atom is -0.394 e. The van der Waals surface area contributed by atoms with Crippen LogP contribution in [0.4, 0.5) is 0 Å². The maximum Gasteiger partial charge on any atom is 0.236 e. The van der Waals surface area contributed by atoms with Crippen molar-refractivity contribution < 1.29 is 30.3 Å². The second-order valence-electron chi connectivity index (χ2n) is 8.66. The summed E-state index contributed by atoms with van der Waals surface area (Å²) in [4.78, 5) is 26.7. The van der Waals surface area contributed by atoms with Gasteiger partial charge < -0.3 is 30.4 Å². The van der Waals surface area contributed by atoms with Crippen LogP contribution in [0.3, 0.4) is 0 Å². The molecule has 0 spiro atoms. The minimum absolute atomic E-state index is 0.0855. The van der Waals surface area contributed by atoms with E-state index in [4.69, 9.17) is 5.11 Å². The van der Waals surface area contributed by atoms with Gasteiger partial charge >= 0.3 is 0 Å². The summed E-state index contributed by atoms with van der Waals surface area (Å²) < 4.78 is 0. The third-order valence-corrected chi connectivity index (χ3v) is 5.64. The lowest BCUT2D eigenvalue weighted by molar-refractivity contribution is -0.138. The van der Waals surface area contributed by atoms with Crippen molar-refractivity contribution in [2.24, 2.45) is 0 Å². The third-order valence-electron chi connectivity index (χ3n) is 5.64. The Hall–Kier alpha value is -2.51. The normalized spacial score (nSPS) is 15.1. The summed E-state index contributed by atoms with van der Waals surface area (Å²) >= 11 is 0. The van der Waals surface area contributed by atoms with Crippen LogP contribution < -0.4 is 0 Å². The molecule has 0 fully saturated rings. The molecule has 2 rings (SSSR count). The van der Waals surface area contributed by atoms with Gasteiger partial charge in [-0.15, -0.1) is 0 Å². The molecule has 2 aromatic heterocycles. The number of pyridine rings is 2. The number of aromatic nitrogens is 2. The van der Waals surface area contributed by atoms with E-state index in [0.29, 0.717) is 26.2 Å². The van der Waals surface area contributed by atoms with Crippen LogP contribution >= 0.6 is 0 Å². The summed E-state index contributed by atoms with van der Waals surface area (Å²) in [6.07, 6.45) is -3.01. The molecule has 0 saturated carbocycles. The van der Waals surface area contributed by atoms with Crippen molar-refractivity contribution in [1.82, 2.24) is 24.7 Å². The highest BCUT2D eigenvalue weighted by molar-refractivity contribution is 5.78. The van der Waals surface area contributed by atoms with E-state index in [1.165, 1.54) is 11.9 Å². The Morgan fingerprint density at radius 2 is 1.40 bits per heavy atom. The van der Waals surface area contributed by atoms with E-state index in [1.54, 1.807) is 12.4 Å². The molecule has 1 amide bonds. The fraction of sp³-hybridized carbons (Fsp3) is 0.542. The highest BCUT2D eigenvalue weighted by Gasteiger charge is 2.31. The predicted molar refractivity (Wildman–Crippen MR) is 129 cm³/mol. The van der Waals surface area contributed by atoms with Gasteiger partial charge in [0.25, 0.3) is 0 Å². The maximum absolute atomic E-state index is 12.6. The fourth-order valence-corrected chi connectivity index (χ4v) is 3.45. The molecule has 0 aliphatic rings. The molecule has 0 bridgehead atoms. The van der Waals surface area contributed by atoms with Crippen molar-refractivity contribution in [3.63, 3.8) is 0 Å². The molecule has 0 radical (unpaired) electrons. The van der Waals surface area contributed by atoms with Gasteiger partial charge in [-0.1, -0.05) is 12.1 Å². The fourth-order valence-electron chi connectivity index (χ4n) is 3.45. The molecular formula is C24H37N5O6. The summed E-state index contributed by atoms with van der Waals surface area (Å²) in [5.74, 6) is -0.281. The summed E-state index contributed by atoms with van der Waals surface area (Å²) in [6.45, 7) is 1.59. The summed E-state index contributed by atoms with van der Waals surface area (Å²) in [5, 5.41) is 48.1. The Morgan fingerprint density at radius 1 is 0.857 bits per heavy atom. The SMILES string of the molecule is CN(CCN(Cc1ccccn1)Cc1ccccn1)CC(=O)N(C)C[C@H](O)[C@@H](O)[C@H](O)[C@H](O)CO. The second-order valence-corrected chi connectivity index (χ2v) is 8.66. The highest BCUT2D eigenvalue weighted by atomic mass is 16.4. The number of rotatable bonds is 15. The van der Waals surface area contributed by atoms with Gasteiger partial charge in [-0.3, -0.25) is 24.6 Å². The number of aliphatic hydroxyl groups excluding tert-OH is 5. The summed E-state index contributed by atoms with van der Waals surface area (Å²) in [5.41, 5.74) is 1.87. The number of carbonyl (C=O) groups excluding carboxylic acids is 1. The van der Waals surface area contributed by atoms with E-state index in [-0.39, 0.29) is 19.0 Å². The Bertz CT molecular complexity index is 820. The maximum atomic E-state index is 12.6. The van der Waals surface area contributed by atoms with Crippen LogP contribution in [0.25, 0.3) is 0 Å².